The van der Waals surface area contributed by atoms with E-state index in [1.165, 1.54) is 0 Å². The summed E-state index contributed by atoms with van der Waals surface area (Å²) in [6.45, 7) is 0. The smallest absolute Gasteiger partial charge is 0.241 e. The molecule has 0 bridgehead atoms. The highest BCUT2D eigenvalue weighted by molar-refractivity contribution is 6.10. The molecule has 2 aromatic rings. The zero-order valence-corrected chi connectivity index (χ0v) is 14.7. The first-order valence-corrected chi connectivity index (χ1v) is 9.23. The third-order valence-electron chi connectivity index (χ3n) is 6.31. The minimum atomic E-state index is -1.09. The van der Waals surface area contributed by atoms with Gasteiger partial charge in [0.15, 0.2) is 0 Å². The lowest BCUT2D eigenvalue weighted by atomic mass is 9.54. The van der Waals surface area contributed by atoms with Crippen LogP contribution in [0.1, 0.15) is 36.3 Å². The van der Waals surface area contributed by atoms with Crippen molar-refractivity contribution in [2.24, 2.45) is 11.7 Å². The van der Waals surface area contributed by atoms with E-state index in [1.807, 2.05) is 30.3 Å². The van der Waals surface area contributed by atoms with Gasteiger partial charge < -0.3 is 15.5 Å². The van der Waals surface area contributed by atoms with Crippen LogP contribution in [0.5, 0.6) is 0 Å². The summed E-state index contributed by atoms with van der Waals surface area (Å²) < 4.78 is 5.39. The molecule has 5 rings (SSSR count). The van der Waals surface area contributed by atoms with E-state index in [0.717, 1.165) is 41.6 Å². The molecule has 134 valence electrons. The number of rotatable bonds is 1. The molecule has 27 heavy (non-hydrogen) atoms. The average molecular weight is 357 g/mol. The SMILES string of the molecule is N#CC1=C(N)[C@]2(C(=O)Nc3ccccc32)[C@@H](c2ccoc2)[C@@H]2CCCC=C12. The van der Waals surface area contributed by atoms with Crippen molar-refractivity contribution < 1.29 is 9.21 Å². The van der Waals surface area contributed by atoms with Crippen LogP contribution >= 0.6 is 0 Å². The molecule has 0 fully saturated rings. The first-order valence-electron chi connectivity index (χ1n) is 9.23. The first-order chi connectivity index (χ1) is 13.2. The number of allylic oxidation sites excluding steroid dienone is 3. The van der Waals surface area contributed by atoms with Crippen molar-refractivity contribution in [3.8, 4) is 6.07 Å². The number of nitrogens with one attached hydrogen (secondary N) is 1. The van der Waals surface area contributed by atoms with Crippen molar-refractivity contribution in [3.63, 3.8) is 0 Å². The van der Waals surface area contributed by atoms with Crippen LogP contribution < -0.4 is 11.1 Å². The average Bonchev–Trinajstić information content (AvgIpc) is 3.31. The Balaban J connectivity index is 1.90. The fourth-order valence-electron chi connectivity index (χ4n) is 5.27. The summed E-state index contributed by atoms with van der Waals surface area (Å²) in [5, 5.41) is 12.9. The van der Waals surface area contributed by atoms with E-state index in [0.29, 0.717) is 11.3 Å². The Labute approximate surface area is 157 Å². The lowest BCUT2D eigenvalue weighted by Crippen LogP contribution is -2.51. The van der Waals surface area contributed by atoms with Gasteiger partial charge in [-0.1, -0.05) is 24.3 Å². The quantitative estimate of drug-likeness (QED) is 0.813. The second-order valence-corrected chi connectivity index (χ2v) is 7.44. The van der Waals surface area contributed by atoms with Crippen LogP contribution in [0.25, 0.3) is 0 Å². The molecule has 0 radical (unpaired) electrons. The molecule has 1 spiro atoms. The van der Waals surface area contributed by atoms with Gasteiger partial charge in [0.2, 0.25) is 5.91 Å². The Morgan fingerprint density at radius 1 is 1.30 bits per heavy atom. The predicted molar refractivity (Wildman–Crippen MR) is 100 cm³/mol. The number of hydrogen-bond donors (Lipinski definition) is 2. The van der Waals surface area contributed by atoms with E-state index in [1.54, 1.807) is 12.5 Å². The largest absolute Gasteiger partial charge is 0.472 e. The number of nitriles is 1. The summed E-state index contributed by atoms with van der Waals surface area (Å²) in [7, 11) is 0. The lowest BCUT2D eigenvalue weighted by molar-refractivity contribution is -0.121. The number of para-hydroxylation sites is 1. The normalized spacial score (nSPS) is 29.0. The van der Waals surface area contributed by atoms with E-state index in [-0.39, 0.29) is 17.7 Å². The Morgan fingerprint density at radius 2 is 2.15 bits per heavy atom. The number of fused-ring (bicyclic) bond motifs is 3. The molecule has 0 saturated carbocycles. The van der Waals surface area contributed by atoms with Crippen molar-refractivity contribution in [3.05, 3.63) is 76.9 Å². The van der Waals surface area contributed by atoms with Crippen LogP contribution in [0.3, 0.4) is 0 Å². The zero-order valence-electron chi connectivity index (χ0n) is 14.7. The highest BCUT2D eigenvalue weighted by atomic mass is 16.3. The zero-order chi connectivity index (χ0) is 18.6. The van der Waals surface area contributed by atoms with Gasteiger partial charge >= 0.3 is 0 Å². The Bertz CT molecular complexity index is 1040. The van der Waals surface area contributed by atoms with Crippen molar-refractivity contribution in [1.29, 1.82) is 5.26 Å². The van der Waals surface area contributed by atoms with E-state index >= 15 is 0 Å². The van der Waals surface area contributed by atoms with Gasteiger partial charge in [-0.2, -0.15) is 5.26 Å². The van der Waals surface area contributed by atoms with Crippen LogP contribution in [0.15, 0.2) is 70.2 Å². The number of carbonyl (C=O) groups is 1. The molecule has 3 aliphatic rings. The van der Waals surface area contributed by atoms with E-state index < -0.39 is 5.41 Å². The molecule has 1 aromatic heterocycles. The number of anilines is 1. The monoisotopic (exact) mass is 357 g/mol. The van der Waals surface area contributed by atoms with Crippen LogP contribution in [-0.4, -0.2) is 5.91 Å². The minimum Gasteiger partial charge on any atom is -0.472 e. The number of benzene rings is 1. The number of hydrogen-bond acceptors (Lipinski definition) is 4. The van der Waals surface area contributed by atoms with E-state index in [4.69, 9.17) is 10.2 Å². The van der Waals surface area contributed by atoms with Gasteiger partial charge in [0.1, 0.15) is 11.5 Å². The van der Waals surface area contributed by atoms with Crippen molar-refractivity contribution in [1.82, 2.24) is 0 Å². The molecule has 3 N–H and O–H groups in total. The molecule has 1 aromatic carbocycles. The molecular formula is C22H19N3O2. The van der Waals surface area contributed by atoms with Crippen molar-refractivity contribution in [2.75, 3.05) is 5.32 Å². The van der Waals surface area contributed by atoms with Gasteiger partial charge in [-0.05, 0) is 54.0 Å². The van der Waals surface area contributed by atoms with Gasteiger partial charge in [0, 0.05) is 17.3 Å². The van der Waals surface area contributed by atoms with E-state index in [9.17, 15) is 10.1 Å². The topological polar surface area (TPSA) is 92.0 Å². The summed E-state index contributed by atoms with van der Waals surface area (Å²) in [5.41, 5.74) is 9.92. The maximum Gasteiger partial charge on any atom is 0.241 e. The molecule has 1 aliphatic heterocycles. The highest BCUT2D eigenvalue weighted by Gasteiger charge is 2.61. The minimum absolute atomic E-state index is 0.0511. The molecule has 2 aliphatic carbocycles. The van der Waals surface area contributed by atoms with Gasteiger partial charge in [-0.15, -0.1) is 0 Å². The second-order valence-electron chi connectivity index (χ2n) is 7.44. The van der Waals surface area contributed by atoms with Gasteiger partial charge in [-0.3, -0.25) is 4.79 Å². The fourth-order valence-corrected chi connectivity index (χ4v) is 5.27. The fraction of sp³-hybridized carbons (Fsp3) is 0.273. The van der Waals surface area contributed by atoms with Gasteiger partial charge in [0.25, 0.3) is 0 Å². The molecule has 0 saturated heterocycles. The molecule has 1 amide bonds. The summed E-state index contributed by atoms with van der Waals surface area (Å²) in [5.74, 6) is -0.316. The third kappa shape index (κ3) is 1.90. The summed E-state index contributed by atoms with van der Waals surface area (Å²) in [6.07, 6.45) is 8.33. The van der Waals surface area contributed by atoms with Crippen LogP contribution in [-0.2, 0) is 10.2 Å². The van der Waals surface area contributed by atoms with Crippen molar-refractivity contribution >= 4 is 11.6 Å². The number of nitrogens with zero attached hydrogens (tertiary/aromatic N) is 1. The number of amides is 1. The summed E-state index contributed by atoms with van der Waals surface area (Å²) in [4.78, 5) is 13.5. The maximum atomic E-state index is 13.5. The Kier molecular flexibility index (Phi) is 3.32. The highest BCUT2D eigenvalue weighted by Crippen LogP contribution is 2.60. The molecule has 2 heterocycles. The molecule has 0 unspecified atom stereocenters. The number of nitrogens with two attached hydrogens (primary N) is 1. The standard InChI is InChI=1S/C22H19N3O2/c23-11-16-14-5-1-2-6-15(14)19(13-9-10-27-12-13)22(20(16)24)17-7-3-4-8-18(17)25-21(22)26/h3-5,7-10,12,15,19H,1-2,6,24H2,(H,25,26)/t15-,19+,22-/m1/s1. The van der Waals surface area contributed by atoms with Gasteiger partial charge in [-0.25, -0.2) is 0 Å². The number of carbonyl (C=O) groups excluding carboxylic acids is 1. The van der Waals surface area contributed by atoms with Crippen LogP contribution in [0.2, 0.25) is 0 Å². The number of furan rings is 1. The predicted octanol–water partition coefficient (Wildman–Crippen LogP) is 3.73. The molecular weight excluding hydrogens is 338 g/mol. The van der Waals surface area contributed by atoms with Crippen LogP contribution in [0.4, 0.5) is 5.69 Å². The molecule has 5 heteroatoms. The second kappa shape index (κ2) is 5.62. The van der Waals surface area contributed by atoms with E-state index in [2.05, 4.69) is 17.5 Å². The summed E-state index contributed by atoms with van der Waals surface area (Å²) >= 11 is 0. The lowest BCUT2D eigenvalue weighted by Gasteiger charge is -2.47. The third-order valence-corrected chi connectivity index (χ3v) is 6.31. The Morgan fingerprint density at radius 3 is 2.93 bits per heavy atom. The molecule has 5 nitrogen and oxygen atoms in total. The Hall–Kier alpha value is -3.26. The van der Waals surface area contributed by atoms with Crippen molar-refractivity contribution in [2.45, 2.75) is 30.6 Å². The summed E-state index contributed by atoms with van der Waals surface area (Å²) in [6, 6.07) is 11.9. The van der Waals surface area contributed by atoms with Crippen LogP contribution in [0, 0.1) is 17.2 Å². The molecule has 3 atom stereocenters. The van der Waals surface area contributed by atoms with Gasteiger partial charge in [0.05, 0.1) is 18.1 Å². The maximum absolute atomic E-state index is 13.5. The first kappa shape index (κ1) is 16.0.